The van der Waals surface area contributed by atoms with Gasteiger partial charge in [-0.1, -0.05) is 11.6 Å². The maximum atomic E-state index is 8.94. The lowest BCUT2D eigenvalue weighted by Crippen LogP contribution is -2.47. The van der Waals surface area contributed by atoms with E-state index in [1.807, 2.05) is 6.07 Å². The molecule has 0 atom stereocenters. The molecule has 5 nitrogen and oxygen atoms in total. The van der Waals surface area contributed by atoms with E-state index >= 15 is 0 Å². The van der Waals surface area contributed by atoms with Crippen LogP contribution in [-0.4, -0.2) is 67.3 Å². The van der Waals surface area contributed by atoms with Gasteiger partial charge in [-0.2, -0.15) is 5.26 Å². The molecule has 126 valence electrons. The fourth-order valence-corrected chi connectivity index (χ4v) is 3.01. The number of hydrogen-bond donors (Lipinski definition) is 2. The molecule has 2 N–H and O–H groups in total. The van der Waals surface area contributed by atoms with E-state index in [1.165, 1.54) is 0 Å². The number of aliphatic hydroxyl groups is 1. The summed E-state index contributed by atoms with van der Waals surface area (Å²) in [6, 6.07) is 7.51. The van der Waals surface area contributed by atoms with Crippen LogP contribution in [0.3, 0.4) is 0 Å². The van der Waals surface area contributed by atoms with Crippen LogP contribution in [0.2, 0.25) is 5.02 Å². The number of aliphatic hydroxyl groups excluding tert-OH is 1. The van der Waals surface area contributed by atoms with Gasteiger partial charge in [0.2, 0.25) is 0 Å². The minimum atomic E-state index is 0.255. The summed E-state index contributed by atoms with van der Waals surface area (Å²) >= 11 is 6.02. The molecule has 0 aliphatic carbocycles. The van der Waals surface area contributed by atoms with E-state index in [1.54, 1.807) is 12.1 Å². The first-order valence-electron chi connectivity index (χ1n) is 8.22. The molecule has 2 rings (SSSR count). The molecule has 0 aromatic heterocycles. The zero-order valence-corrected chi connectivity index (χ0v) is 14.2. The molecule has 1 aromatic carbocycles. The molecule has 1 aromatic rings. The van der Waals surface area contributed by atoms with E-state index in [-0.39, 0.29) is 6.61 Å². The van der Waals surface area contributed by atoms with Crippen molar-refractivity contribution >= 4 is 17.3 Å². The molecule has 0 amide bonds. The Morgan fingerprint density at radius 3 is 2.43 bits per heavy atom. The normalized spacial score (nSPS) is 16.2. The molecule has 0 unspecified atom stereocenters. The summed E-state index contributed by atoms with van der Waals surface area (Å²) in [6.45, 7) is 7.40. The van der Waals surface area contributed by atoms with Crippen LogP contribution in [-0.2, 0) is 0 Å². The van der Waals surface area contributed by atoms with E-state index in [4.69, 9.17) is 22.0 Å². The van der Waals surface area contributed by atoms with Crippen molar-refractivity contribution in [2.24, 2.45) is 0 Å². The number of benzene rings is 1. The lowest BCUT2D eigenvalue weighted by Gasteiger charge is -2.34. The van der Waals surface area contributed by atoms with E-state index in [0.29, 0.717) is 10.6 Å². The van der Waals surface area contributed by atoms with Gasteiger partial charge >= 0.3 is 0 Å². The summed E-state index contributed by atoms with van der Waals surface area (Å²) < 4.78 is 0. The van der Waals surface area contributed by atoms with Gasteiger partial charge < -0.3 is 15.3 Å². The Kier molecular flexibility index (Phi) is 7.63. The van der Waals surface area contributed by atoms with Crippen molar-refractivity contribution in [3.05, 3.63) is 28.8 Å². The summed E-state index contributed by atoms with van der Waals surface area (Å²) in [5.41, 5.74) is 1.48. The molecule has 0 radical (unpaired) electrons. The first-order valence-corrected chi connectivity index (χ1v) is 8.60. The monoisotopic (exact) mass is 336 g/mol. The van der Waals surface area contributed by atoms with E-state index < -0.39 is 0 Å². The zero-order chi connectivity index (χ0) is 16.5. The van der Waals surface area contributed by atoms with Crippen LogP contribution in [0.5, 0.6) is 0 Å². The highest BCUT2D eigenvalue weighted by molar-refractivity contribution is 6.32. The Morgan fingerprint density at radius 2 is 1.83 bits per heavy atom. The molecule has 6 heteroatoms. The molecule has 0 bridgehead atoms. The van der Waals surface area contributed by atoms with Gasteiger partial charge in [-0.25, -0.2) is 0 Å². The topological polar surface area (TPSA) is 62.5 Å². The summed E-state index contributed by atoms with van der Waals surface area (Å²) in [4.78, 5) is 4.80. The minimum Gasteiger partial charge on any atom is -0.395 e. The average Bonchev–Trinajstić information content (AvgIpc) is 2.56. The third-order valence-electron chi connectivity index (χ3n) is 4.20. The Bertz CT molecular complexity index is 524. The van der Waals surface area contributed by atoms with Crippen LogP contribution in [0.25, 0.3) is 0 Å². The summed E-state index contributed by atoms with van der Waals surface area (Å²) in [5, 5.41) is 21.6. The predicted molar refractivity (Wildman–Crippen MR) is 93.9 cm³/mol. The lowest BCUT2D eigenvalue weighted by molar-refractivity contribution is 0.112. The summed E-state index contributed by atoms with van der Waals surface area (Å²) in [6.07, 6.45) is 2.27. The van der Waals surface area contributed by atoms with Crippen LogP contribution in [0, 0.1) is 11.3 Å². The first-order chi connectivity index (χ1) is 11.2. The number of halogens is 1. The number of piperazine rings is 1. The second kappa shape index (κ2) is 9.74. The van der Waals surface area contributed by atoms with Crippen molar-refractivity contribution in [3.63, 3.8) is 0 Å². The number of nitrogens with one attached hydrogen (secondary N) is 1. The van der Waals surface area contributed by atoms with Crippen molar-refractivity contribution in [2.75, 3.05) is 57.7 Å². The number of hydrogen-bond acceptors (Lipinski definition) is 5. The van der Waals surface area contributed by atoms with Crippen LogP contribution >= 0.6 is 11.6 Å². The van der Waals surface area contributed by atoms with Gasteiger partial charge in [-0.15, -0.1) is 0 Å². The van der Waals surface area contributed by atoms with Gasteiger partial charge in [0, 0.05) is 45.0 Å². The van der Waals surface area contributed by atoms with Gasteiger partial charge in [0.05, 0.1) is 17.2 Å². The van der Waals surface area contributed by atoms with Gasteiger partial charge in [0.15, 0.2) is 0 Å². The van der Waals surface area contributed by atoms with Crippen molar-refractivity contribution in [2.45, 2.75) is 12.8 Å². The van der Waals surface area contributed by atoms with Crippen molar-refractivity contribution < 1.29 is 5.11 Å². The summed E-state index contributed by atoms with van der Waals surface area (Å²) in [7, 11) is 0. The maximum Gasteiger partial charge on any atom is 0.101 e. The largest absolute Gasteiger partial charge is 0.395 e. The smallest absolute Gasteiger partial charge is 0.101 e. The van der Waals surface area contributed by atoms with Crippen LogP contribution < -0.4 is 5.32 Å². The number of unbranched alkanes of at least 4 members (excludes halogenated alkanes) is 1. The third-order valence-corrected chi connectivity index (χ3v) is 4.51. The number of nitriles is 1. The Balaban J connectivity index is 1.58. The SMILES string of the molecule is N#Cc1ccc(NCCCCN2CCN(CCO)CC2)cc1Cl. The van der Waals surface area contributed by atoms with Crippen LogP contribution in [0.4, 0.5) is 5.69 Å². The van der Waals surface area contributed by atoms with Crippen LogP contribution in [0.15, 0.2) is 18.2 Å². The van der Waals surface area contributed by atoms with Gasteiger partial charge in [-0.05, 0) is 37.6 Å². The predicted octanol–water partition coefficient (Wildman–Crippen LogP) is 2.01. The Hall–Kier alpha value is -1.32. The highest BCUT2D eigenvalue weighted by Crippen LogP contribution is 2.20. The molecule has 0 spiro atoms. The molecule has 1 saturated heterocycles. The molecule has 0 saturated carbocycles. The highest BCUT2D eigenvalue weighted by Gasteiger charge is 2.15. The maximum absolute atomic E-state index is 8.94. The molecule has 1 aliphatic rings. The second-order valence-electron chi connectivity index (χ2n) is 5.85. The second-order valence-corrected chi connectivity index (χ2v) is 6.25. The van der Waals surface area contributed by atoms with E-state index in [9.17, 15) is 0 Å². The van der Waals surface area contributed by atoms with Crippen molar-refractivity contribution in [1.29, 1.82) is 5.26 Å². The van der Waals surface area contributed by atoms with Crippen molar-refractivity contribution in [3.8, 4) is 6.07 Å². The summed E-state index contributed by atoms with van der Waals surface area (Å²) in [5.74, 6) is 0. The van der Waals surface area contributed by atoms with E-state index in [2.05, 4.69) is 21.2 Å². The first kappa shape index (κ1) is 18.0. The number of β-amino-alcohol motifs (C(OH)–C–C–N with tert-alkyl or cyclic N) is 1. The van der Waals surface area contributed by atoms with E-state index in [0.717, 1.165) is 64.3 Å². The number of nitrogens with zero attached hydrogens (tertiary/aromatic N) is 3. The van der Waals surface area contributed by atoms with Gasteiger partial charge in [0.1, 0.15) is 6.07 Å². The van der Waals surface area contributed by atoms with Crippen LogP contribution in [0.1, 0.15) is 18.4 Å². The van der Waals surface area contributed by atoms with Gasteiger partial charge in [0.25, 0.3) is 0 Å². The molecule has 1 aliphatic heterocycles. The van der Waals surface area contributed by atoms with Crippen molar-refractivity contribution in [1.82, 2.24) is 9.80 Å². The number of rotatable bonds is 8. The highest BCUT2D eigenvalue weighted by atomic mass is 35.5. The standard InChI is InChI=1S/C17H25ClN4O/c18-17-13-16(4-3-15(17)14-19)20-5-1-2-6-21-7-9-22(10-8-21)11-12-23/h3-4,13,20,23H,1-2,5-12H2. The average molecular weight is 337 g/mol. The minimum absolute atomic E-state index is 0.255. The molecular weight excluding hydrogens is 312 g/mol. The molecule has 1 fully saturated rings. The lowest BCUT2D eigenvalue weighted by atomic mass is 10.2. The fourth-order valence-electron chi connectivity index (χ4n) is 2.79. The molecule has 1 heterocycles. The molecule has 23 heavy (non-hydrogen) atoms. The van der Waals surface area contributed by atoms with Gasteiger partial charge in [-0.3, -0.25) is 4.90 Å². The third kappa shape index (κ3) is 6.00. The quantitative estimate of drug-likeness (QED) is 0.711. The number of anilines is 1. The Labute approximate surface area is 143 Å². The fraction of sp³-hybridized carbons (Fsp3) is 0.588. The Morgan fingerprint density at radius 1 is 1.13 bits per heavy atom. The molecular formula is C17H25ClN4O. The zero-order valence-electron chi connectivity index (χ0n) is 13.5.